The van der Waals surface area contributed by atoms with Crippen LogP contribution in [-0.4, -0.2) is 11.1 Å². The van der Waals surface area contributed by atoms with Gasteiger partial charge in [-0.2, -0.15) is 13.2 Å². The van der Waals surface area contributed by atoms with Gasteiger partial charge in [0, 0.05) is 9.79 Å². The molecule has 0 atom stereocenters. The van der Waals surface area contributed by atoms with E-state index < -0.39 is 17.7 Å². The van der Waals surface area contributed by atoms with E-state index in [4.69, 9.17) is 5.11 Å². The van der Waals surface area contributed by atoms with Crippen molar-refractivity contribution < 1.29 is 23.1 Å². The molecule has 6 heteroatoms. The van der Waals surface area contributed by atoms with Crippen molar-refractivity contribution in [2.24, 2.45) is 0 Å². The fourth-order valence-corrected chi connectivity index (χ4v) is 2.64. The molecule has 2 aromatic carbocycles. The van der Waals surface area contributed by atoms with E-state index in [1.54, 1.807) is 6.07 Å². The summed E-state index contributed by atoms with van der Waals surface area (Å²) in [6.07, 6.45) is -4.44. The maximum atomic E-state index is 12.9. The molecule has 0 aliphatic heterocycles. The number of halogens is 3. The third kappa shape index (κ3) is 3.33. The lowest BCUT2D eigenvalue weighted by molar-refractivity contribution is -0.139. The highest BCUT2D eigenvalue weighted by Crippen LogP contribution is 2.39. The van der Waals surface area contributed by atoms with Crippen molar-refractivity contribution in [1.29, 1.82) is 0 Å². The maximum absolute atomic E-state index is 12.9. The Bertz CT molecular complexity index is 638. The van der Waals surface area contributed by atoms with Crippen molar-refractivity contribution >= 4 is 17.7 Å². The summed E-state index contributed by atoms with van der Waals surface area (Å²) in [5.41, 5.74) is -0.690. The van der Waals surface area contributed by atoms with Crippen LogP contribution in [0, 0.1) is 0 Å². The van der Waals surface area contributed by atoms with E-state index in [-0.39, 0.29) is 10.5 Å². The number of rotatable bonds is 3. The van der Waals surface area contributed by atoms with Crippen LogP contribution in [0.25, 0.3) is 0 Å². The summed E-state index contributed by atoms with van der Waals surface area (Å²) >= 11 is 0.889. The molecule has 0 aliphatic carbocycles. The van der Waals surface area contributed by atoms with Crippen LogP contribution in [0.4, 0.5) is 13.2 Å². The fourth-order valence-electron chi connectivity index (χ4n) is 1.61. The Balaban J connectivity index is 2.36. The molecule has 0 aromatic heterocycles. The molecular weight excluding hydrogens is 289 g/mol. The first kappa shape index (κ1) is 14.5. The molecule has 0 amide bonds. The number of hydrogen-bond acceptors (Lipinski definition) is 2. The number of carbonyl (C=O) groups is 1. The van der Waals surface area contributed by atoms with Crippen LogP contribution in [0.3, 0.4) is 0 Å². The lowest BCUT2D eigenvalue weighted by atomic mass is 10.2. The molecule has 0 heterocycles. The van der Waals surface area contributed by atoms with Crippen LogP contribution >= 0.6 is 11.8 Å². The van der Waals surface area contributed by atoms with E-state index >= 15 is 0 Å². The minimum absolute atomic E-state index is 0.0412. The van der Waals surface area contributed by atoms with Gasteiger partial charge in [-0.25, -0.2) is 4.79 Å². The average molecular weight is 298 g/mol. The lowest BCUT2D eigenvalue weighted by Crippen LogP contribution is -2.06. The zero-order chi connectivity index (χ0) is 14.8. The van der Waals surface area contributed by atoms with Gasteiger partial charge in [0.15, 0.2) is 0 Å². The summed E-state index contributed by atoms with van der Waals surface area (Å²) in [7, 11) is 0. The predicted molar refractivity (Wildman–Crippen MR) is 69.0 cm³/mol. The van der Waals surface area contributed by atoms with Crippen molar-refractivity contribution in [3.8, 4) is 0 Å². The molecule has 20 heavy (non-hydrogen) atoms. The van der Waals surface area contributed by atoms with Gasteiger partial charge in [0.2, 0.25) is 0 Å². The molecule has 2 rings (SSSR count). The van der Waals surface area contributed by atoms with Crippen molar-refractivity contribution in [2.45, 2.75) is 16.0 Å². The van der Waals surface area contributed by atoms with Crippen LogP contribution in [0.1, 0.15) is 15.9 Å². The number of hydrogen-bond donors (Lipinski definition) is 1. The molecule has 0 fully saturated rings. The van der Waals surface area contributed by atoms with Crippen molar-refractivity contribution in [3.63, 3.8) is 0 Å². The SMILES string of the molecule is O=C(O)c1cccc(Sc2ccccc2C(F)(F)F)c1. The number of benzene rings is 2. The zero-order valence-electron chi connectivity index (χ0n) is 10.0. The van der Waals surface area contributed by atoms with Crippen molar-refractivity contribution in [2.75, 3.05) is 0 Å². The Labute approximate surface area is 117 Å². The normalized spacial score (nSPS) is 11.3. The summed E-state index contributed by atoms with van der Waals surface area (Å²) in [5, 5.41) is 8.87. The number of carboxylic acid groups (broad SMARTS) is 1. The smallest absolute Gasteiger partial charge is 0.417 e. The highest BCUT2D eigenvalue weighted by Gasteiger charge is 2.33. The topological polar surface area (TPSA) is 37.3 Å². The molecule has 0 radical (unpaired) electrons. The number of carboxylic acids is 1. The number of alkyl halides is 3. The molecule has 0 saturated heterocycles. The van der Waals surface area contributed by atoms with Gasteiger partial charge < -0.3 is 5.11 Å². The summed E-state index contributed by atoms with van der Waals surface area (Å²) in [4.78, 5) is 11.3. The predicted octanol–water partition coefficient (Wildman–Crippen LogP) is 4.55. The van der Waals surface area contributed by atoms with E-state index in [9.17, 15) is 18.0 Å². The Kier molecular flexibility index (Phi) is 4.04. The van der Waals surface area contributed by atoms with E-state index in [2.05, 4.69) is 0 Å². The average Bonchev–Trinajstić information content (AvgIpc) is 2.38. The Morgan fingerprint density at radius 2 is 1.75 bits per heavy atom. The molecule has 2 nitrogen and oxygen atoms in total. The molecule has 0 bridgehead atoms. The zero-order valence-corrected chi connectivity index (χ0v) is 10.8. The third-order valence-electron chi connectivity index (χ3n) is 2.50. The monoisotopic (exact) mass is 298 g/mol. The molecule has 1 N–H and O–H groups in total. The Hall–Kier alpha value is -1.95. The lowest BCUT2D eigenvalue weighted by Gasteiger charge is -2.12. The highest BCUT2D eigenvalue weighted by molar-refractivity contribution is 7.99. The summed E-state index contributed by atoms with van der Waals surface area (Å²) < 4.78 is 38.6. The Morgan fingerprint density at radius 3 is 2.40 bits per heavy atom. The standard InChI is InChI=1S/C14H9F3O2S/c15-14(16,17)11-6-1-2-7-12(11)20-10-5-3-4-9(8-10)13(18)19/h1-8H,(H,18,19). The van der Waals surface area contributed by atoms with Crippen LogP contribution in [0.15, 0.2) is 58.3 Å². The van der Waals surface area contributed by atoms with Gasteiger partial charge in [-0.05, 0) is 30.3 Å². The van der Waals surface area contributed by atoms with E-state index in [1.165, 1.54) is 36.4 Å². The number of aromatic carboxylic acids is 1. The second-order valence-corrected chi connectivity index (χ2v) is 5.04. The molecule has 0 spiro atoms. The largest absolute Gasteiger partial charge is 0.478 e. The molecule has 0 unspecified atom stereocenters. The molecule has 104 valence electrons. The first-order valence-corrected chi connectivity index (χ1v) is 6.37. The van der Waals surface area contributed by atoms with Crippen LogP contribution in [-0.2, 0) is 6.18 Å². The van der Waals surface area contributed by atoms with Gasteiger partial charge in [0.25, 0.3) is 0 Å². The van der Waals surface area contributed by atoms with Crippen molar-refractivity contribution in [1.82, 2.24) is 0 Å². The van der Waals surface area contributed by atoms with Gasteiger partial charge in [0.05, 0.1) is 11.1 Å². The molecule has 0 aliphatic rings. The van der Waals surface area contributed by atoms with Crippen LogP contribution in [0.5, 0.6) is 0 Å². The first-order chi connectivity index (χ1) is 9.38. The minimum atomic E-state index is -4.44. The second kappa shape index (κ2) is 5.58. The van der Waals surface area contributed by atoms with Gasteiger partial charge in [0.1, 0.15) is 0 Å². The summed E-state index contributed by atoms with van der Waals surface area (Å²) in [6, 6.07) is 11.0. The fraction of sp³-hybridized carbons (Fsp3) is 0.0714. The van der Waals surface area contributed by atoms with Crippen LogP contribution < -0.4 is 0 Å². The summed E-state index contributed by atoms with van der Waals surface area (Å²) in [6.45, 7) is 0. The first-order valence-electron chi connectivity index (χ1n) is 5.55. The van der Waals surface area contributed by atoms with E-state index in [0.29, 0.717) is 4.90 Å². The van der Waals surface area contributed by atoms with Gasteiger partial charge in [-0.1, -0.05) is 30.0 Å². The molecule has 0 saturated carbocycles. The molecule has 2 aromatic rings. The quantitative estimate of drug-likeness (QED) is 0.903. The van der Waals surface area contributed by atoms with Crippen LogP contribution in [0.2, 0.25) is 0 Å². The molecular formula is C14H9F3O2S. The van der Waals surface area contributed by atoms with Gasteiger partial charge in [-0.3, -0.25) is 0 Å². The highest BCUT2D eigenvalue weighted by atomic mass is 32.2. The van der Waals surface area contributed by atoms with Gasteiger partial charge in [-0.15, -0.1) is 0 Å². The maximum Gasteiger partial charge on any atom is 0.417 e. The third-order valence-corrected chi connectivity index (χ3v) is 3.57. The summed E-state index contributed by atoms with van der Waals surface area (Å²) in [5.74, 6) is -1.11. The Morgan fingerprint density at radius 1 is 1.05 bits per heavy atom. The van der Waals surface area contributed by atoms with Gasteiger partial charge >= 0.3 is 12.1 Å². The van der Waals surface area contributed by atoms with Crippen molar-refractivity contribution in [3.05, 3.63) is 59.7 Å². The minimum Gasteiger partial charge on any atom is -0.478 e. The van der Waals surface area contributed by atoms with E-state index in [0.717, 1.165) is 17.8 Å². The van der Waals surface area contributed by atoms with E-state index in [1.807, 2.05) is 0 Å². The second-order valence-electron chi connectivity index (χ2n) is 3.93.